The molecule has 0 heterocycles. The van der Waals surface area contributed by atoms with Crippen molar-refractivity contribution in [2.75, 3.05) is 46.8 Å². The first-order valence-electron chi connectivity index (χ1n) is 5.10. The molecule has 0 fully saturated rings. The van der Waals surface area contributed by atoms with E-state index in [0.29, 0.717) is 0 Å². The number of likely N-dealkylation sites (N-methyl/N-ethyl adjacent to an activating group) is 2. The summed E-state index contributed by atoms with van der Waals surface area (Å²) in [7, 11) is 3.50. The summed E-state index contributed by atoms with van der Waals surface area (Å²) in [4.78, 5) is 2.39. The van der Waals surface area contributed by atoms with E-state index in [1.807, 2.05) is 0 Å². The van der Waals surface area contributed by atoms with Gasteiger partial charge in [-0.05, 0) is 19.6 Å². The van der Waals surface area contributed by atoms with E-state index in [1.54, 1.807) is 14.1 Å². The summed E-state index contributed by atoms with van der Waals surface area (Å²) in [6.07, 6.45) is 0. The van der Waals surface area contributed by atoms with Crippen LogP contribution in [0.25, 0.3) is 10.6 Å². The Hall–Kier alpha value is 0.763. The number of rotatable bonds is 6. The monoisotopic (exact) mass is 277 g/mol. The van der Waals surface area contributed by atoms with Crippen molar-refractivity contribution < 1.29 is 26.2 Å². The second-order valence-electron chi connectivity index (χ2n) is 2.74. The van der Waals surface area contributed by atoms with Gasteiger partial charge in [0.15, 0.2) is 0 Å². The zero-order valence-electron chi connectivity index (χ0n) is 10.4. The molecule has 0 spiro atoms. The molecule has 0 aromatic rings. The summed E-state index contributed by atoms with van der Waals surface area (Å²) in [5, 5.41) is 7.77. The molecular weight excluding hydrogens is 253 g/mol. The van der Waals surface area contributed by atoms with Crippen molar-refractivity contribution in [3.8, 4) is 0 Å². The average molecular weight is 279 g/mol. The van der Waals surface area contributed by atoms with Crippen molar-refractivity contribution in [1.29, 1.82) is 0 Å². The first-order chi connectivity index (χ1) is 6.26. The van der Waals surface area contributed by atoms with Crippen LogP contribution in [0.3, 0.4) is 0 Å². The third kappa shape index (κ3) is 18.5. The van der Waals surface area contributed by atoms with Crippen molar-refractivity contribution >= 4 is 0 Å². The molecule has 0 aliphatic heterocycles. The Morgan fingerprint density at radius 1 is 1.00 bits per heavy atom. The number of nitrogens with zero attached hydrogens (tertiary/aromatic N) is 3. The van der Waals surface area contributed by atoms with Gasteiger partial charge in [-0.1, -0.05) is 20.8 Å². The van der Waals surface area contributed by atoms with Crippen LogP contribution in [-0.2, 0) is 26.2 Å². The maximum Gasteiger partial charge on any atom is 3.00 e. The van der Waals surface area contributed by atoms with E-state index >= 15 is 0 Å². The normalized spacial score (nSPS) is 9.00. The minimum Gasteiger partial charge on any atom is -0.668 e. The van der Waals surface area contributed by atoms with Crippen LogP contribution in [0.2, 0.25) is 0 Å². The Bertz CT molecular complexity index is 77.8. The fourth-order valence-electron chi connectivity index (χ4n) is 0.910. The first kappa shape index (κ1) is 20.2. The summed E-state index contributed by atoms with van der Waals surface area (Å²) in [6, 6.07) is 0. The van der Waals surface area contributed by atoms with Gasteiger partial charge in [0, 0.05) is 0 Å². The largest absolute Gasteiger partial charge is 3.00 e. The molecule has 0 aliphatic rings. The molecule has 0 saturated carbocycles. The Morgan fingerprint density at radius 2 is 1.43 bits per heavy atom. The molecule has 14 heavy (non-hydrogen) atoms. The molecule has 0 N–H and O–H groups in total. The molecule has 0 unspecified atom stereocenters. The van der Waals surface area contributed by atoms with Gasteiger partial charge in [-0.2, -0.15) is 20.6 Å². The van der Waals surface area contributed by atoms with Gasteiger partial charge in [0.05, 0.1) is 0 Å². The maximum absolute atomic E-state index is 4.27. The molecular formula is C10H25N3Zr+. The number of hydrogen-bond donors (Lipinski definition) is 0. The van der Waals surface area contributed by atoms with Gasteiger partial charge in [-0.25, -0.2) is 0 Å². The fraction of sp³-hybridized carbons (Fsp3) is 1.00. The topological polar surface area (TPSA) is 31.4 Å². The van der Waals surface area contributed by atoms with E-state index in [2.05, 4.69) is 36.3 Å². The summed E-state index contributed by atoms with van der Waals surface area (Å²) < 4.78 is 0. The van der Waals surface area contributed by atoms with Crippen LogP contribution >= 0.6 is 0 Å². The SMILES string of the molecule is CC[N-]CCN(CC)CC.C[N-]C.[Zr+3]. The second kappa shape index (κ2) is 19.4. The molecule has 0 rings (SSSR count). The van der Waals surface area contributed by atoms with Gasteiger partial charge in [0.25, 0.3) is 0 Å². The van der Waals surface area contributed by atoms with Crippen LogP contribution < -0.4 is 0 Å². The molecule has 1 radical (unpaired) electrons. The van der Waals surface area contributed by atoms with Crippen molar-refractivity contribution in [2.24, 2.45) is 0 Å². The smallest absolute Gasteiger partial charge is 0.668 e. The Morgan fingerprint density at radius 3 is 1.71 bits per heavy atom. The molecule has 0 bridgehead atoms. The minimum atomic E-state index is 0. The van der Waals surface area contributed by atoms with E-state index < -0.39 is 0 Å². The van der Waals surface area contributed by atoms with Gasteiger partial charge in [0.2, 0.25) is 0 Å². The van der Waals surface area contributed by atoms with E-state index in [4.69, 9.17) is 0 Å². The zero-order valence-corrected chi connectivity index (χ0v) is 12.8. The average Bonchev–Trinajstić information content (AvgIpc) is 2.14. The molecule has 83 valence electrons. The second-order valence-corrected chi connectivity index (χ2v) is 2.74. The minimum absolute atomic E-state index is 0. The van der Waals surface area contributed by atoms with Crippen molar-refractivity contribution in [3.05, 3.63) is 10.6 Å². The van der Waals surface area contributed by atoms with E-state index in [-0.39, 0.29) is 26.2 Å². The third-order valence-corrected chi connectivity index (χ3v) is 1.69. The van der Waals surface area contributed by atoms with Crippen LogP contribution in [-0.4, -0.2) is 51.7 Å². The summed E-state index contributed by atoms with van der Waals surface area (Å²) in [5.41, 5.74) is 0. The quantitative estimate of drug-likeness (QED) is 0.686. The number of hydrogen-bond acceptors (Lipinski definition) is 1. The van der Waals surface area contributed by atoms with Crippen LogP contribution in [0.5, 0.6) is 0 Å². The molecule has 0 aromatic carbocycles. The van der Waals surface area contributed by atoms with Crippen molar-refractivity contribution in [1.82, 2.24) is 4.90 Å². The van der Waals surface area contributed by atoms with Gasteiger partial charge in [-0.3, -0.25) is 0 Å². The summed E-state index contributed by atoms with van der Waals surface area (Å²) >= 11 is 0. The first-order valence-corrected chi connectivity index (χ1v) is 5.10. The standard InChI is InChI=1S/C8H19N2.C2H6N.Zr/c1-4-9-7-8-10(5-2)6-3;1-3-2;/h4-8H2,1-3H3;1-2H3;/q2*-1;+3. The molecule has 0 atom stereocenters. The van der Waals surface area contributed by atoms with Gasteiger partial charge in [0.1, 0.15) is 0 Å². The molecule has 0 aromatic heterocycles. The van der Waals surface area contributed by atoms with Gasteiger partial charge < -0.3 is 15.5 Å². The Balaban J connectivity index is -0.000000267. The maximum atomic E-state index is 4.27. The van der Waals surface area contributed by atoms with Crippen LogP contribution in [0.1, 0.15) is 20.8 Å². The molecule has 3 nitrogen and oxygen atoms in total. The van der Waals surface area contributed by atoms with E-state index in [0.717, 1.165) is 32.7 Å². The summed E-state index contributed by atoms with van der Waals surface area (Å²) in [5.74, 6) is 0. The molecule has 0 amide bonds. The fourth-order valence-corrected chi connectivity index (χ4v) is 0.910. The van der Waals surface area contributed by atoms with E-state index in [1.165, 1.54) is 0 Å². The Labute approximate surface area is 109 Å². The van der Waals surface area contributed by atoms with Crippen molar-refractivity contribution in [3.63, 3.8) is 0 Å². The molecule has 0 saturated heterocycles. The van der Waals surface area contributed by atoms with Gasteiger partial charge in [-0.15, -0.1) is 6.54 Å². The van der Waals surface area contributed by atoms with Crippen LogP contribution in [0.4, 0.5) is 0 Å². The van der Waals surface area contributed by atoms with Crippen molar-refractivity contribution in [2.45, 2.75) is 20.8 Å². The predicted molar refractivity (Wildman–Crippen MR) is 61.8 cm³/mol. The Kier molecular flexibility index (Phi) is 27.9. The zero-order chi connectivity index (χ0) is 10.5. The summed E-state index contributed by atoms with van der Waals surface area (Å²) in [6.45, 7) is 11.8. The van der Waals surface area contributed by atoms with Crippen LogP contribution in [0, 0.1) is 0 Å². The predicted octanol–water partition coefficient (Wildman–Crippen LogP) is 2.34. The molecule has 4 heteroatoms. The third-order valence-electron chi connectivity index (χ3n) is 1.69. The molecule has 0 aliphatic carbocycles. The van der Waals surface area contributed by atoms with Gasteiger partial charge >= 0.3 is 26.2 Å². The van der Waals surface area contributed by atoms with E-state index in [9.17, 15) is 0 Å². The van der Waals surface area contributed by atoms with Crippen LogP contribution in [0.15, 0.2) is 0 Å².